The number of hydrogen-bond acceptors (Lipinski definition) is 2. The van der Waals surface area contributed by atoms with Gasteiger partial charge in [-0.1, -0.05) is 6.92 Å². The molecule has 2 saturated heterocycles. The fourth-order valence-electron chi connectivity index (χ4n) is 3.58. The second-order valence-electron chi connectivity index (χ2n) is 5.21. The van der Waals surface area contributed by atoms with Crippen LogP contribution in [0.2, 0.25) is 0 Å². The first-order chi connectivity index (χ1) is 6.60. The van der Waals surface area contributed by atoms with E-state index in [0.29, 0.717) is 11.6 Å². The van der Waals surface area contributed by atoms with Crippen LogP contribution in [0.3, 0.4) is 0 Å². The summed E-state index contributed by atoms with van der Waals surface area (Å²) in [7, 11) is 2.27. The molecule has 3 aliphatic rings. The van der Waals surface area contributed by atoms with Gasteiger partial charge in [-0.15, -0.1) is 0 Å². The third-order valence-electron chi connectivity index (χ3n) is 4.39. The molecule has 2 bridgehead atoms. The van der Waals surface area contributed by atoms with E-state index in [0.717, 1.165) is 18.6 Å². The summed E-state index contributed by atoms with van der Waals surface area (Å²) in [5, 5.41) is 0. The third kappa shape index (κ3) is 1.31. The van der Waals surface area contributed by atoms with Crippen molar-refractivity contribution in [1.82, 2.24) is 4.90 Å². The predicted octanol–water partition coefficient (Wildman–Crippen LogP) is 2.28. The van der Waals surface area contributed by atoms with E-state index in [1.807, 2.05) is 0 Å². The van der Waals surface area contributed by atoms with Gasteiger partial charge < -0.3 is 4.74 Å². The Bertz CT molecular complexity index is 218. The van der Waals surface area contributed by atoms with Crippen molar-refractivity contribution in [1.29, 1.82) is 0 Å². The van der Waals surface area contributed by atoms with Crippen LogP contribution in [0.5, 0.6) is 0 Å². The lowest BCUT2D eigenvalue weighted by Gasteiger charge is -2.64. The van der Waals surface area contributed by atoms with Crippen molar-refractivity contribution in [3.63, 3.8) is 0 Å². The van der Waals surface area contributed by atoms with Gasteiger partial charge in [0.25, 0.3) is 0 Å². The average Bonchev–Trinajstić information content (AvgIpc) is 2.16. The van der Waals surface area contributed by atoms with E-state index >= 15 is 0 Å². The van der Waals surface area contributed by atoms with Crippen LogP contribution in [-0.4, -0.2) is 36.2 Å². The van der Waals surface area contributed by atoms with Crippen molar-refractivity contribution in [2.45, 2.75) is 57.7 Å². The molecule has 0 spiro atoms. The van der Waals surface area contributed by atoms with E-state index < -0.39 is 0 Å². The lowest BCUT2D eigenvalue weighted by Crippen LogP contribution is -2.72. The quantitative estimate of drug-likeness (QED) is 0.688. The van der Waals surface area contributed by atoms with Gasteiger partial charge in [-0.3, -0.25) is 4.90 Å². The molecule has 2 aliphatic heterocycles. The lowest BCUT2D eigenvalue weighted by atomic mass is 9.62. The maximum Gasteiger partial charge on any atom is 0.0731 e. The molecule has 3 rings (SSSR count). The summed E-state index contributed by atoms with van der Waals surface area (Å²) >= 11 is 0. The van der Waals surface area contributed by atoms with Crippen molar-refractivity contribution in [3.8, 4) is 0 Å². The highest BCUT2D eigenvalue weighted by atomic mass is 16.5. The molecule has 0 N–H and O–H groups in total. The van der Waals surface area contributed by atoms with Gasteiger partial charge in [0.1, 0.15) is 0 Å². The largest absolute Gasteiger partial charge is 0.377 e. The van der Waals surface area contributed by atoms with Gasteiger partial charge in [-0.25, -0.2) is 0 Å². The Balaban J connectivity index is 2.07. The fraction of sp³-hybridized carbons (Fsp3) is 1.00. The average molecular weight is 197 g/mol. The van der Waals surface area contributed by atoms with Gasteiger partial charge in [0.05, 0.1) is 6.10 Å². The standard InChI is InChI=1S/C12H23NO/c1-5-14-10(3)12-7-9(2)6-11(8-12)13(12)4/h9-11H,5-8H2,1-4H3. The Hall–Kier alpha value is -0.0800. The van der Waals surface area contributed by atoms with Crippen LogP contribution in [0, 0.1) is 5.92 Å². The summed E-state index contributed by atoms with van der Waals surface area (Å²) in [6, 6.07) is 0.835. The number of hydrogen-bond donors (Lipinski definition) is 0. The Kier molecular flexibility index (Phi) is 2.61. The molecule has 0 aromatic carbocycles. The molecule has 0 aromatic heterocycles. The summed E-state index contributed by atoms with van der Waals surface area (Å²) in [4.78, 5) is 2.56. The molecule has 14 heavy (non-hydrogen) atoms. The van der Waals surface area contributed by atoms with Crippen molar-refractivity contribution < 1.29 is 4.74 Å². The summed E-state index contributed by atoms with van der Waals surface area (Å²) in [6.07, 6.45) is 4.46. The number of piperidine rings is 1. The Morgan fingerprint density at radius 3 is 2.79 bits per heavy atom. The summed E-state index contributed by atoms with van der Waals surface area (Å²) in [5.41, 5.74) is 0.373. The topological polar surface area (TPSA) is 12.5 Å². The molecule has 1 saturated carbocycles. The lowest BCUT2D eigenvalue weighted by molar-refractivity contribution is -0.179. The number of rotatable bonds is 3. The van der Waals surface area contributed by atoms with E-state index in [2.05, 4.69) is 32.7 Å². The van der Waals surface area contributed by atoms with Crippen LogP contribution in [0.15, 0.2) is 0 Å². The van der Waals surface area contributed by atoms with Gasteiger partial charge in [0, 0.05) is 18.2 Å². The number of ether oxygens (including phenoxy) is 1. The Morgan fingerprint density at radius 2 is 2.21 bits per heavy atom. The predicted molar refractivity (Wildman–Crippen MR) is 58.4 cm³/mol. The summed E-state index contributed by atoms with van der Waals surface area (Å²) in [6.45, 7) is 7.56. The molecule has 4 unspecified atom stereocenters. The van der Waals surface area contributed by atoms with E-state index in [1.165, 1.54) is 19.3 Å². The first-order valence-corrected chi connectivity index (χ1v) is 5.94. The monoisotopic (exact) mass is 197 g/mol. The van der Waals surface area contributed by atoms with E-state index in [9.17, 15) is 0 Å². The fourth-order valence-corrected chi connectivity index (χ4v) is 3.58. The summed E-state index contributed by atoms with van der Waals surface area (Å²) < 4.78 is 5.80. The molecular formula is C12H23NO. The van der Waals surface area contributed by atoms with E-state index in [-0.39, 0.29) is 0 Å². The second-order valence-corrected chi connectivity index (χ2v) is 5.21. The molecule has 0 radical (unpaired) electrons. The number of fused-ring (bicyclic) bond motifs is 2. The molecule has 2 nitrogen and oxygen atoms in total. The van der Waals surface area contributed by atoms with Gasteiger partial charge in [0.15, 0.2) is 0 Å². The van der Waals surface area contributed by atoms with Gasteiger partial charge in [-0.05, 0) is 46.1 Å². The van der Waals surface area contributed by atoms with E-state index in [1.54, 1.807) is 0 Å². The van der Waals surface area contributed by atoms with Gasteiger partial charge >= 0.3 is 0 Å². The van der Waals surface area contributed by atoms with Crippen LogP contribution in [0.4, 0.5) is 0 Å². The Morgan fingerprint density at radius 1 is 1.50 bits per heavy atom. The Labute approximate surface area is 87.6 Å². The minimum absolute atomic E-state index is 0.373. The van der Waals surface area contributed by atoms with Crippen LogP contribution < -0.4 is 0 Å². The molecule has 0 aromatic rings. The zero-order valence-corrected chi connectivity index (χ0v) is 9.92. The number of nitrogens with zero attached hydrogens (tertiary/aromatic N) is 1. The molecule has 1 aliphatic carbocycles. The molecule has 0 amide bonds. The van der Waals surface area contributed by atoms with Crippen molar-refractivity contribution >= 4 is 0 Å². The normalized spacial score (nSPS) is 44.6. The molecule has 3 fully saturated rings. The molecule has 2 heteroatoms. The molecule has 4 atom stereocenters. The minimum Gasteiger partial charge on any atom is -0.377 e. The SMILES string of the molecule is CCOC(C)C12CC(C)CC(C1)N2C. The summed E-state index contributed by atoms with van der Waals surface area (Å²) in [5.74, 6) is 0.882. The number of likely N-dealkylation sites (N-methyl/N-ethyl adjacent to an activating group) is 1. The zero-order chi connectivity index (χ0) is 10.3. The first-order valence-electron chi connectivity index (χ1n) is 5.94. The molecule has 2 heterocycles. The first kappa shape index (κ1) is 10.4. The van der Waals surface area contributed by atoms with Crippen LogP contribution >= 0.6 is 0 Å². The van der Waals surface area contributed by atoms with Crippen LogP contribution in [-0.2, 0) is 4.74 Å². The van der Waals surface area contributed by atoms with Gasteiger partial charge in [-0.2, -0.15) is 0 Å². The van der Waals surface area contributed by atoms with Gasteiger partial charge in [0.2, 0.25) is 0 Å². The molecular weight excluding hydrogens is 174 g/mol. The molecule has 82 valence electrons. The maximum atomic E-state index is 5.80. The minimum atomic E-state index is 0.373. The highest BCUT2D eigenvalue weighted by Crippen LogP contribution is 2.50. The van der Waals surface area contributed by atoms with E-state index in [4.69, 9.17) is 4.74 Å². The van der Waals surface area contributed by atoms with Crippen molar-refractivity contribution in [2.24, 2.45) is 5.92 Å². The van der Waals surface area contributed by atoms with Crippen LogP contribution in [0.1, 0.15) is 40.0 Å². The second kappa shape index (κ2) is 3.49. The highest BCUT2D eigenvalue weighted by molar-refractivity contribution is 5.12. The smallest absolute Gasteiger partial charge is 0.0731 e. The maximum absolute atomic E-state index is 5.80. The third-order valence-corrected chi connectivity index (χ3v) is 4.39. The van der Waals surface area contributed by atoms with Crippen LogP contribution in [0.25, 0.3) is 0 Å². The van der Waals surface area contributed by atoms with Crippen molar-refractivity contribution in [3.05, 3.63) is 0 Å². The van der Waals surface area contributed by atoms with Crippen molar-refractivity contribution in [2.75, 3.05) is 13.7 Å². The zero-order valence-electron chi connectivity index (χ0n) is 9.92. The highest BCUT2D eigenvalue weighted by Gasteiger charge is 2.57.